The number of nitrogens with zero attached hydrogens (tertiary/aromatic N) is 2. The third-order valence-corrected chi connectivity index (χ3v) is 5.03. The first kappa shape index (κ1) is 15.9. The highest BCUT2D eigenvalue weighted by Crippen LogP contribution is 2.34. The molecule has 0 radical (unpaired) electrons. The van der Waals surface area contributed by atoms with Gasteiger partial charge < -0.3 is 10.1 Å². The molecule has 0 unspecified atom stereocenters. The minimum atomic E-state index is -0.246. The van der Waals surface area contributed by atoms with Gasteiger partial charge in [0.05, 0.1) is 12.8 Å². The lowest BCUT2D eigenvalue weighted by atomic mass is 10.1. The van der Waals surface area contributed by atoms with Crippen molar-refractivity contribution in [1.29, 1.82) is 0 Å². The maximum Gasteiger partial charge on any atom is 0.214 e. The summed E-state index contributed by atoms with van der Waals surface area (Å²) < 4.78 is 20.9. The molecule has 0 aliphatic carbocycles. The normalized spacial score (nSPS) is 12.8. The standard InChI is InChI=1S/C22H18FN3O/c1-27-21-9-4-16-13-20(14-2-5-17(23)6-3-14)26(22(16)25-21)18-7-8-19-15(12-18)10-11-24-19/h2-9,12-13,24H,10-11H2,1H3. The van der Waals surface area contributed by atoms with Gasteiger partial charge in [0.15, 0.2) is 0 Å². The van der Waals surface area contributed by atoms with Gasteiger partial charge in [-0.05, 0) is 72.1 Å². The van der Waals surface area contributed by atoms with E-state index in [1.807, 2.05) is 12.1 Å². The molecule has 5 heteroatoms. The van der Waals surface area contributed by atoms with E-state index < -0.39 is 0 Å². The Labute approximate surface area is 156 Å². The highest BCUT2D eigenvalue weighted by atomic mass is 19.1. The van der Waals surface area contributed by atoms with Crippen molar-refractivity contribution in [1.82, 2.24) is 9.55 Å². The SMILES string of the molecule is COc1ccc2cc(-c3ccc(F)cc3)n(-c3ccc4c(c3)CCN4)c2n1. The lowest BCUT2D eigenvalue weighted by molar-refractivity contribution is 0.399. The van der Waals surface area contributed by atoms with Gasteiger partial charge in [0.2, 0.25) is 5.88 Å². The highest BCUT2D eigenvalue weighted by Gasteiger charge is 2.17. The first-order valence-electron chi connectivity index (χ1n) is 8.92. The molecule has 27 heavy (non-hydrogen) atoms. The first-order chi connectivity index (χ1) is 13.2. The summed E-state index contributed by atoms with van der Waals surface area (Å²) in [6.45, 7) is 0.960. The topological polar surface area (TPSA) is 39.1 Å². The lowest BCUT2D eigenvalue weighted by Crippen LogP contribution is -2.00. The van der Waals surface area contributed by atoms with E-state index in [9.17, 15) is 4.39 Å². The second kappa shape index (κ2) is 6.13. The van der Waals surface area contributed by atoms with Gasteiger partial charge in [0, 0.05) is 29.4 Å². The van der Waals surface area contributed by atoms with Crippen LogP contribution in [0.3, 0.4) is 0 Å². The third-order valence-electron chi connectivity index (χ3n) is 5.03. The van der Waals surface area contributed by atoms with E-state index >= 15 is 0 Å². The molecule has 1 N–H and O–H groups in total. The van der Waals surface area contributed by atoms with Crippen molar-refractivity contribution >= 4 is 16.7 Å². The van der Waals surface area contributed by atoms with Crippen LogP contribution in [0.2, 0.25) is 0 Å². The molecule has 4 nitrogen and oxygen atoms in total. The molecule has 0 saturated heterocycles. The molecule has 3 heterocycles. The van der Waals surface area contributed by atoms with E-state index in [0.29, 0.717) is 5.88 Å². The van der Waals surface area contributed by atoms with Crippen LogP contribution in [-0.4, -0.2) is 23.2 Å². The van der Waals surface area contributed by atoms with Gasteiger partial charge in [-0.3, -0.25) is 4.57 Å². The Morgan fingerprint density at radius 1 is 1.04 bits per heavy atom. The molecule has 5 rings (SSSR count). The van der Waals surface area contributed by atoms with Crippen LogP contribution in [0.15, 0.2) is 60.7 Å². The van der Waals surface area contributed by atoms with Crippen LogP contribution in [0.25, 0.3) is 28.0 Å². The second-order valence-electron chi connectivity index (χ2n) is 6.66. The summed E-state index contributed by atoms with van der Waals surface area (Å²) in [5.74, 6) is 0.320. The number of methoxy groups -OCH3 is 1. The van der Waals surface area contributed by atoms with Crippen LogP contribution in [0.5, 0.6) is 5.88 Å². The second-order valence-corrected chi connectivity index (χ2v) is 6.66. The zero-order valence-electron chi connectivity index (χ0n) is 14.9. The fraction of sp³-hybridized carbons (Fsp3) is 0.136. The molecule has 2 aromatic heterocycles. The Morgan fingerprint density at radius 3 is 2.70 bits per heavy atom. The summed E-state index contributed by atoms with van der Waals surface area (Å²) >= 11 is 0. The van der Waals surface area contributed by atoms with Gasteiger partial charge in [-0.25, -0.2) is 4.39 Å². The zero-order chi connectivity index (χ0) is 18.4. The monoisotopic (exact) mass is 359 g/mol. The van der Waals surface area contributed by atoms with Gasteiger partial charge in [-0.1, -0.05) is 0 Å². The Morgan fingerprint density at radius 2 is 1.89 bits per heavy atom. The fourth-order valence-corrected chi connectivity index (χ4v) is 3.70. The Kier molecular flexibility index (Phi) is 3.60. The average molecular weight is 359 g/mol. The Bertz CT molecular complexity index is 1150. The molecular formula is C22H18FN3O. The summed E-state index contributed by atoms with van der Waals surface area (Å²) in [5.41, 5.74) is 6.24. The Hall–Kier alpha value is -3.34. The summed E-state index contributed by atoms with van der Waals surface area (Å²) in [6, 6.07) is 18.9. The molecule has 0 atom stereocenters. The number of pyridine rings is 1. The van der Waals surface area contributed by atoms with Gasteiger partial charge in [-0.15, -0.1) is 0 Å². The third kappa shape index (κ3) is 2.63. The van der Waals surface area contributed by atoms with Crippen LogP contribution in [-0.2, 0) is 6.42 Å². The van der Waals surface area contributed by atoms with Crippen LogP contribution >= 0.6 is 0 Å². The fourth-order valence-electron chi connectivity index (χ4n) is 3.70. The molecule has 0 bridgehead atoms. The summed E-state index contributed by atoms with van der Waals surface area (Å²) in [7, 11) is 1.61. The number of anilines is 1. The number of benzene rings is 2. The van der Waals surface area contributed by atoms with E-state index in [2.05, 4.69) is 39.1 Å². The van der Waals surface area contributed by atoms with Crippen molar-refractivity contribution in [3.8, 4) is 22.8 Å². The molecule has 0 saturated carbocycles. The van der Waals surface area contributed by atoms with Gasteiger partial charge in [0.25, 0.3) is 0 Å². The van der Waals surface area contributed by atoms with E-state index in [4.69, 9.17) is 4.74 Å². The maximum absolute atomic E-state index is 13.4. The summed E-state index contributed by atoms with van der Waals surface area (Å²) in [6.07, 6.45) is 1.00. The van der Waals surface area contributed by atoms with Crippen LogP contribution in [0.1, 0.15) is 5.56 Å². The van der Waals surface area contributed by atoms with E-state index in [0.717, 1.165) is 40.9 Å². The molecule has 2 aromatic carbocycles. The summed E-state index contributed by atoms with van der Waals surface area (Å²) in [4.78, 5) is 4.68. The number of aromatic nitrogens is 2. The molecular weight excluding hydrogens is 341 g/mol. The molecule has 0 amide bonds. The van der Waals surface area contributed by atoms with Crippen molar-refractivity contribution in [2.24, 2.45) is 0 Å². The molecule has 134 valence electrons. The molecule has 1 aliphatic heterocycles. The highest BCUT2D eigenvalue weighted by molar-refractivity contribution is 5.87. The van der Waals surface area contributed by atoms with E-state index in [1.165, 1.54) is 23.4 Å². The zero-order valence-corrected chi connectivity index (χ0v) is 14.9. The number of fused-ring (bicyclic) bond motifs is 2. The number of rotatable bonds is 3. The lowest BCUT2D eigenvalue weighted by Gasteiger charge is -2.12. The van der Waals surface area contributed by atoms with E-state index in [1.54, 1.807) is 19.2 Å². The molecule has 4 aromatic rings. The van der Waals surface area contributed by atoms with Crippen molar-refractivity contribution in [2.45, 2.75) is 6.42 Å². The van der Waals surface area contributed by atoms with Crippen LogP contribution in [0.4, 0.5) is 10.1 Å². The number of halogens is 1. The number of nitrogens with one attached hydrogen (secondary N) is 1. The number of hydrogen-bond donors (Lipinski definition) is 1. The average Bonchev–Trinajstić information content (AvgIpc) is 3.31. The minimum absolute atomic E-state index is 0.246. The van der Waals surface area contributed by atoms with Gasteiger partial charge in [-0.2, -0.15) is 4.98 Å². The largest absolute Gasteiger partial charge is 0.481 e. The molecule has 0 spiro atoms. The maximum atomic E-state index is 13.4. The predicted molar refractivity (Wildman–Crippen MR) is 105 cm³/mol. The number of ether oxygens (including phenoxy) is 1. The van der Waals surface area contributed by atoms with Crippen molar-refractivity contribution in [3.05, 3.63) is 72.0 Å². The van der Waals surface area contributed by atoms with Crippen molar-refractivity contribution in [3.63, 3.8) is 0 Å². The van der Waals surface area contributed by atoms with Crippen molar-refractivity contribution < 1.29 is 9.13 Å². The Balaban J connectivity index is 1.79. The van der Waals surface area contributed by atoms with Crippen molar-refractivity contribution in [2.75, 3.05) is 19.0 Å². The number of hydrogen-bond acceptors (Lipinski definition) is 3. The van der Waals surface area contributed by atoms with Gasteiger partial charge in [0.1, 0.15) is 11.5 Å². The quantitative estimate of drug-likeness (QED) is 0.571. The van der Waals surface area contributed by atoms with Crippen LogP contribution in [0, 0.1) is 5.82 Å². The smallest absolute Gasteiger partial charge is 0.214 e. The van der Waals surface area contributed by atoms with E-state index in [-0.39, 0.29) is 5.82 Å². The van der Waals surface area contributed by atoms with Crippen LogP contribution < -0.4 is 10.1 Å². The predicted octanol–water partition coefficient (Wildman–Crippen LogP) is 4.81. The molecule has 1 aliphatic rings. The molecule has 0 fully saturated rings. The summed E-state index contributed by atoms with van der Waals surface area (Å²) in [5, 5.41) is 4.40. The van der Waals surface area contributed by atoms with Gasteiger partial charge >= 0.3 is 0 Å². The minimum Gasteiger partial charge on any atom is -0.481 e. The first-order valence-corrected chi connectivity index (χ1v) is 8.92.